The molecule has 158 valence electrons. The standard InChI is InChI=1S/C21H29N3O4S/c1-5-6-10-29-21-23-18-17(19(25)24-21)16(13-8-7-9-14(11-13)27-3)15(12(2)22-18)20(26)28-4/h7-9,11,16-18,21-23H,5-6,10H2,1-4H3,(H,24,25). The molecule has 0 aliphatic carbocycles. The summed E-state index contributed by atoms with van der Waals surface area (Å²) in [7, 11) is 2.95. The van der Waals surface area contributed by atoms with Crippen LogP contribution in [0.2, 0.25) is 0 Å². The molecule has 0 bridgehead atoms. The minimum Gasteiger partial charge on any atom is -0.497 e. The van der Waals surface area contributed by atoms with E-state index in [-0.39, 0.29) is 17.6 Å². The Balaban J connectivity index is 1.97. The highest BCUT2D eigenvalue weighted by Gasteiger charge is 2.48. The first-order valence-electron chi connectivity index (χ1n) is 9.87. The van der Waals surface area contributed by atoms with E-state index in [4.69, 9.17) is 9.47 Å². The van der Waals surface area contributed by atoms with Crippen molar-refractivity contribution in [2.24, 2.45) is 5.92 Å². The van der Waals surface area contributed by atoms with Gasteiger partial charge in [-0.25, -0.2) is 4.79 Å². The molecule has 29 heavy (non-hydrogen) atoms. The minimum atomic E-state index is -0.497. The molecule has 2 aliphatic rings. The van der Waals surface area contributed by atoms with Crippen LogP contribution in [0.3, 0.4) is 0 Å². The Hall–Kier alpha value is -2.19. The summed E-state index contributed by atoms with van der Waals surface area (Å²) in [6, 6.07) is 7.50. The van der Waals surface area contributed by atoms with Crippen LogP contribution in [-0.4, -0.2) is 43.5 Å². The number of benzene rings is 1. The quantitative estimate of drug-likeness (QED) is 0.462. The van der Waals surface area contributed by atoms with E-state index in [2.05, 4.69) is 22.9 Å². The van der Waals surface area contributed by atoms with Gasteiger partial charge in [-0.05, 0) is 36.8 Å². The molecule has 1 aromatic carbocycles. The van der Waals surface area contributed by atoms with Crippen LogP contribution in [0.1, 0.15) is 38.2 Å². The van der Waals surface area contributed by atoms with E-state index >= 15 is 0 Å². The van der Waals surface area contributed by atoms with Crippen molar-refractivity contribution >= 4 is 23.6 Å². The molecule has 1 amide bonds. The highest BCUT2D eigenvalue weighted by Crippen LogP contribution is 2.41. The van der Waals surface area contributed by atoms with E-state index in [0.717, 1.165) is 24.2 Å². The maximum atomic E-state index is 13.2. The Morgan fingerprint density at radius 3 is 2.72 bits per heavy atom. The van der Waals surface area contributed by atoms with Crippen LogP contribution < -0.4 is 20.7 Å². The molecule has 8 heteroatoms. The van der Waals surface area contributed by atoms with Gasteiger partial charge in [0.05, 0.1) is 31.9 Å². The van der Waals surface area contributed by atoms with Gasteiger partial charge in [-0.3, -0.25) is 10.1 Å². The van der Waals surface area contributed by atoms with Crippen molar-refractivity contribution < 1.29 is 19.1 Å². The molecule has 1 fully saturated rings. The molecule has 7 nitrogen and oxygen atoms in total. The van der Waals surface area contributed by atoms with Gasteiger partial charge in [0.2, 0.25) is 5.91 Å². The first-order chi connectivity index (χ1) is 14.0. The second-order valence-electron chi connectivity index (χ2n) is 7.21. The highest BCUT2D eigenvalue weighted by molar-refractivity contribution is 7.99. The Labute approximate surface area is 176 Å². The van der Waals surface area contributed by atoms with Crippen molar-refractivity contribution in [1.82, 2.24) is 16.0 Å². The number of hydrogen-bond acceptors (Lipinski definition) is 7. The molecule has 2 aliphatic heterocycles. The van der Waals surface area contributed by atoms with Crippen LogP contribution in [0, 0.1) is 5.92 Å². The number of carbonyl (C=O) groups is 2. The molecule has 1 saturated heterocycles. The number of esters is 1. The number of nitrogens with one attached hydrogen (secondary N) is 3. The maximum Gasteiger partial charge on any atom is 0.336 e. The summed E-state index contributed by atoms with van der Waals surface area (Å²) in [5.74, 6) is 0.177. The zero-order chi connectivity index (χ0) is 21.0. The molecule has 0 spiro atoms. The van der Waals surface area contributed by atoms with Gasteiger partial charge in [0.25, 0.3) is 0 Å². The Morgan fingerprint density at radius 2 is 2.03 bits per heavy atom. The van der Waals surface area contributed by atoms with Gasteiger partial charge in [-0.15, -0.1) is 11.8 Å². The van der Waals surface area contributed by atoms with Crippen LogP contribution in [-0.2, 0) is 14.3 Å². The molecule has 0 aromatic heterocycles. The molecule has 0 radical (unpaired) electrons. The molecule has 3 N–H and O–H groups in total. The summed E-state index contributed by atoms with van der Waals surface area (Å²) in [4.78, 5) is 25.8. The zero-order valence-corrected chi connectivity index (χ0v) is 18.1. The largest absolute Gasteiger partial charge is 0.497 e. The van der Waals surface area contributed by atoms with Crippen molar-refractivity contribution in [3.63, 3.8) is 0 Å². The van der Waals surface area contributed by atoms with Crippen molar-refractivity contribution in [3.8, 4) is 5.75 Å². The van der Waals surface area contributed by atoms with Gasteiger partial charge < -0.3 is 20.1 Å². The average molecular weight is 420 g/mol. The second kappa shape index (κ2) is 9.54. The van der Waals surface area contributed by atoms with Gasteiger partial charge in [0.1, 0.15) is 11.2 Å². The zero-order valence-electron chi connectivity index (χ0n) is 17.3. The molecule has 0 saturated carbocycles. The van der Waals surface area contributed by atoms with Crippen molar-refractivity contribution in [2.45, 2.75) is 44.3 Å². The average Bonchev–Trinajstić information content (AvgIpc) is 2.72. The van der Waals surface area contributed by atoms with Crippen LogP contribution in [0.15, 0.2) is 35.5 Å². The van der Waals surface area contributed by atoms with Gasteiger partial charge >= 0.3 is 5.97 Å². The third-order valence-corrected chi connectivity index (χ3v) is 6.46. The number of unbranched alkanes of at least 4 members (excludes halogenated alkanes) is 1. The normalized spacial score (nSPS) is 26.3. The van der Waals surface area contributed by atoms with E-state index in [0.29, 0.717) is 17.0 Å². The van der Waals surface area contributed by atoms with Gasteiger partial charge in [0.15, 0.2) is 0 Å². The smallest absolute Gasteiger partial charge is 0.336 e. The fourth-order valence-electron chi connectivity index (χ4n) is 3.92. The summed E-state index contributed by atoms with van der Waals surface area (Å²) < 4.78 is 10.4. The molecule has 2 heterocycles. The van der Waals surface area contributed by atoms with E-state index < -0.39 is 17.8 Å². The predicted molar refractivity (Wildman–Crippen MR) is 113 cm³/mol. The van der Waals surface area contributed by atoms with Crippen molar-refractivity contribution in [3.05, 3.63) is 41.1 Å². The first kappa shape index (κ1) is 21.5. The molecule has 1 aromatic rings. The number of methoxy groups -OCH3 is 2. The van der Waals surface area contributed by atoms with Crippen molar-refractivity contribution in [2.75, 3.05) is 20.0 Å². The summed E-state index contributed by atoms with van der Waals surface area (Å²) in [5.41, 5.74) is 1.86. The third kappa shape index (κ3) is 4.53. The third-order valence-electron chi connectivity index (χ3n) is 5.35. The number of allylic oxidation sites excluding steroid dienone is 1. The number of thioether (sulfide) groups is 1. The SMILES string of the molecule is CCCCSC1NC(=O)C2C(NC(C)=C(C(=O)OC)C2c2cccc(OC)c2)N1. The highest BCUT2D eigenvalue weighted by atomic mass is 32.2. The van der Waals surface area contributed by atoms with E-state index in [1.54, 1.807) is 18.9 Å². The number of rotatable bonds is 7. The van der Waals surface area contributed by atoms with Crippen LogP contribution in [0.4, 0.5) is 0 Å². The first-order valence-corrected chi connectivity index (χ1v) is 10.9. The Kier molecular flexibility index (Phi) is 7.08. The number of amides is 1. The lowest BCUT2D eigenvalue weighted by atomic mass is 9.74. The Bertz CT molecular complexity index is 798. The Morgan fingerprint density at radius 1 is 1.24 bits per heavy atom. The van der Waals surface area contributed by atoms with Gasteiger partial charge in [-0.2, -0.15) is 0 Å². The molecular weight excluding hydrogens is 390 g/mol. The molecule has 3 rings (SSSR count). The molecule has 4 atom stereocenters. The minimum absolute atomic E-state index is 0.0861. The molecular formula is C21H29N3O4S. The monoisotopic (exact) mass is 419 g/mol. The topological polar surface area (TPSA) is 88.7 Å². The van der Waals surface area contributed by atoms with Crippen LogP contribution >= 0.6 is 11.8 Å². The second-order valence-corrected chi connectivity index (χ2v) is 8.42. The number of fused-ring (bicyclic) bond motifs is 1. The van der Waals surface area contributed by atoms with Crippen molar-refractivity contribution in [1.29, 1.82) is 0 Å². The fourth-order valence-corrected chi connectivity index (χ4v) is 5.05. The lowest BCUT2D eigenvalue weighted by Crippen LogP contribution is -2.67. The number of hydrogen-bond donors (Lipinski definition) is 3. The molecule has 4 unspecified atom stereocenters. The summed E-state index contributed by atoms with van der Waals surface area (Å²) in [6.45, 7) is 4.00. The number of carbonyl (C=O) groups excluding carboxylic acids is 2. The maximum absolute atomic E-state index is 13.2. The van der Waals surface area contributed by atoms with Gasteiger partial charge in [0, 0.05) is 11.6 Å². The van der Waals surface area contributed by atoms with Gasteiger partial charge in [-0.1, -0.05) is 25.5 Å². The van der Waals surface area contributed by atoms with Crippen LogP contribution in [0.25, 0.3) is 0 Å². The summed E-state index contributed by atoms with van der Waals surface area (Å²) in [6.07, 6.45) is 1.92. The lowest BCUT2D eigenvalue weighted by Gasteiger charge is -2.45. The number of ether oxygens (including phenoxy) is 2. The van der Waals surface area contributed by atoms with E-state index in [9.17, 15) is 9.59 Å². The lowest BCUT2D eigenvalue weighted by molar-refractivity contribution is -0.137. The van der Waals surface area contributed by atoms with E-state index in [1.807, 2.05) is 31.2 Å². The fraction of sp³-hybridized carbons (Fsp3) is 0.524. The summed E-state index contributed by atoms with van der Waals surface area (Å²) >= 11 is 1.69. The van der Waals surface area contributed by atoms with Crippen LogP contribution in [0.5, 0.6) is 5.75 Å². The predicted octanol–water partition coefficient (Wildman–Crippen LogP) is 2.31. The van der Waals surface area contributed by atoms with E-state index in [1.165, 1.54) is 7.11 Å². The summed E-state index contributed by atoms with van der Waals surface area (Å²) in [5, 5.41) is 9.87.